The van der Waals surface area contributed by atoms with Gasteiger partial charge in [0.25, 0.3) is 0 Å². The Hall–Kier alpha value is -3.32. The number of pyridine rings is 1. The lowest BCUT2D eigenvalue weighted by Crippen LogP contribution is -2.59. The first kappa shape index (κ1) is 28.2. The Labute approximate surface area is 237 Å². The number of anilines is 1. The van der Waals surface area contributed by atoms with Crippen molar-refractivity contribution >= 4 is 16.9 Å². The van der Waals surface area contributed by atoms with Crippen molar-refractivity contribution in [3.05, 3.63) is 63.7 Å². The second-order valence-electron chi connectivity index (χ2n) is 11.0. The number of hydrogen-bond donors (Lipinski definition) is 0. The van der Waals surface area contributed by atoms with Crippen molar-refractivity contribution in [1.29, 1.82) is 5.26 Å². The summed E-state index contributed by atoms with van der Waals surface area (Å²) in [5, 5.41) is 9.50. The standard InChI is InChI=1S/C31H41N7O2/c1-5-25-21-38(30-29-28(35(4)31(39)34-30)13-12-24(18-32)33-29)26(6-2)20-37(25)27(7-3)23-10-8-22(9-11-23)19-36-14-16-40-17-15-36/h8-13,25-27H,5-7,14-17,19-21H2,1-4H3/t25-,26+,27?/m1/s1. The van der Waals surface area contributed by atoms with Gasteiger partial charge in [-0.3, -0.25) is 14.4 Å². The van der Waals surface area contributed by atoms with Crippen LogP contribution in [-0.4, -0.2) is 75.8 Å². The van der Waals surface area contributed by atoms with Crippen LogP contribution in [0.3, 0.4) is 0 Å². The third-order valence-electron chi connectivity index (χ3n) is 8.66. The van der Waals surface area contributed by atoms with Gasteiger partial charge in [-0.2, -0.15) is 10.2 Å². The van der Waals surface area contributed by atoms with Crippen molar-refractivity contribution in [1.82, 2.24) is 24.3 Å². The maximum Gasteiger partial charge on any atom is 0.349 e. The summed E-state index contributed by atoms with van der Waals surface area (Å²) in [4.78, 5) is 29.4. The molecule has 4 heterocycles. The van der Waals surface area contributed by atoms with Crippen LogP contribution in [0.1, 0.15) is 62.9 Å². The summed E-state index contributed by atoms with van der Waals surface area (Å²) in [6.07, 6.45) is 2.92. The van der Waals surface area contributed by atoms with E-state index in [0.717, 1.165) is 65.2 Å². The molecule has 0 N–H and O–H groups in total. The smallest absolute Gasteiger partial charge is 0.349 e. The summed E-state index contributed by atoms with van der Waals surface area (Å²) in [6, 6.07) is 15.6. The Morgan fingerprint density at radius 2 is 1.73 bits per heavy atom. The minimum absolute atomic E-state index is 0.174. The fourth-order valence-electron chi connectivity index (χ4n) is 6.32. The van der Waals surface area contributed by atoms with E-state index in [0.29, 0.717) is 34.6 Å². The Bertz CT molecular complexity index is 1410. The van der Waals surface area contributed by atoms with E-state index in [-0.39, 0.29) is 11.7 Å². The van der Waals surface area contributed by atoms with Gasteiger partial charge in [0.05, 0.1) is 18.7 Å². The summed E-state index contributed by atoms with van der Waals surface area (Å²) in [5.74, 6) is 0.598. The Balaban J connectivity index is 1.42. The van der Waals surface area contributed by atoms with Gasteiger partial charge in [-0.15, -0.1) is 0 Å². The maximum absolute atomic E-state index is 12.9. The van der Waals surface area contributed by atoms with Gasteiger partial charge in [-0.1, -0.05) is 45.0 Å². The molecule has 0 saturated carbocycles. The van der Waals surface area contributed by atoms with Crippen molar-refractivity contribution in [3.63, 3.8) is 0 Å². The van der Waals surface area contributed by atoms with E-state index in [1.54, 1.807) is 19.2 Å². The van der Waals surface area contributed by atoms with Crippen molar-refractivity contribution in [2.75, 3.05) is 44.3 Å². The molecule has 40 heavy (non-hydrogen) atoms. The van der Waals surface area contributed by atoms with Crippen LogP contribution in [0.15, 0.2) is 41.2 Å². The van der Waals surface area contributed by atoms with Crippen LogP contribution in [-0.2, 0) is 18.3 Å². The van der Waals surface area contributed by atoms with Gasteiger partial charge in [-0.25, -0.2) is 9.78 Å². The van der Waals surface area contributed by atoms with E-state index in [1.165, 1.54) is 15.7 Å². The molecule has 1 unspecified atom stereocenters. The molecule has 212 valence electrons. The first-order valence-electron chi connectivity index (χ1n) is 14.7. The average Bonchev–Trinajstić information content (AvgIpc) is 3.00. The lowest BCUT2D eigenvalue weighted by atomic mass is 9.94. The highest BCUT2D eigenvalue weighted by Gasteiger charge is 2.37. The number of rotatable bonds is 8. The molecule has 2 aromatic heterocycles. The van der Waals surface area contributed by atoms with E-state index in [9.17, 15) is 10.1 Å². The number of ether oxygens (including phenoxy) is 1. The maximum atomic E-state index is 12.9. The number of aromatic nitrogens is 3. The van der Waals surface area contributed by atoms with E-state index in [1.807, 2.05) is 0 Å². The molecule has 0 aliphatic carbocycles. The zero-order chi connectivity index (χ0) is 28.2. The molecule has 0 radical (unpaired) electrons. The minimum atomic E-state index is -0.303. The lowest BCUT2D eigenvalue weighted by Gasteiger charge is -2.49. The van der Waals surface area contributed by atoms with Crippen molar-refractivity contribution < 1.29 is 4.74 Å². The molecule has 5 rings (SSSR count). The number of aryl methyl sites for hydroxylation is 1. The summed E-state index contributed by atoms with van der Waals surface area (Å²) < 4.78 is 7.01. The SMILES string of the molecule is CCC(c1ccc(CN2CCOCC2)cc1)N1C[C@H](CC)N(c2nc(=O)n(C)c3ccc(C#N)nc23)C[C@H]1CC. The normalized spacial score (nSPS) is 21.4. The Kier molecular flexibility index (Phi) is 8.79. The summed E-state index contributed by atoms with van der Waals surface area (Å²) >= 11 is 0. The fraction of sp³-hybridized carbons (Fsp3) is 0.548. The third-order valence-corrected chi connectivity index (χ3v) is 8.66. The second kappa shape index (κ2) is 12.5. The van der Waals surface area contributed by atoms with Crippen molar-refractivity contribution in [2.24, 2.45) is 7.05 Å². The van der Waals surface area contributed by atoms with Crippen LogP contribution in [0.25, 0.3) is 11.0 Å². The molecule has 0 amide bonds. The van der Waals surface area contributed by atoms with Crippen LogP contribution < -0.4 is 10.6 Å². The van der Waals surface area contributed by atoms with Gasteiger partial charge in [0, 0.05) is 57.9 Å². The van der Waals surface area contributed by atoms with Crippen LogP contribution in [0, 0.1) is 11.3 Å². The molecule has 2 aliphatic heterocycles. The van der Waals surface area contributed by atoms with Gasteiger partial charge >= 0.3 is 5.69 Å². The van der Waals surface area contributed by atoms with Crippen LogP contribution >= 0.6 is 0 Å². The summed E-state index contributed by atoms with van der Waals surface area (Å²) in [5.41, 5.74) is 4.04. The molecule has 1 aromatic carbocycles. The van der Waals surface area contributed by atoms with Crippen molar-refractivity contribution in [2.45, 2.75) is 64.7 Å². The number of hydrogen-bond acceptors (Lipinski definition) is 8. The average molecular weight is 544 g/mol. The number of nitriles is 1. The summed E-state index contributed by atoms with van der Waals surface area (Å²) in [7, 11) is 1.71. The monoisotopic (exact) mass is 543 g/mol. The predicted molar refractivity (Wildman–Crippen MR) is 157 cm³/mol. The number of nitrogens with zero attached hydrogens (tertiary/aromatic N) is 7. The van der Waals surface area contributed by atoms with Gasteiger partial charge in [0.15, 0.2) is 5.82 Å². The van der Waals surface area contributed by atoms with Gasteiger partial charge < -0.3 is 9.64 Å². The first-order valence-corrected chi connectivity index (χ1v) is 14.7. The zero-order valence-electron chi connectivity index (χ0n) is 24.2. The van der Waals surface area contributed by atoms with E-state index in [4.69, 9.17) is 4.74 Å². The van der Waals surface area contributed by atoms with E-state index >= 15 is 0 Å². The molecule has 0 spiro atoms. The molecule has 2 fully saturated rings. The lowest BCUT2D eigenvalue weighted by molar-refractivity contribution is 0.0342. The zero-order valence-corrected chi connectivity index (χ0v) is 24.2. The number of benzene rings is 1. The highest BCUT2D eigenvalue weighted by atomic mass is 16.5. The quantitative estimate of drug-likeness (QED) is 0.423. The van der Waals surface area contributed by atoms with E-state index in [2.05, 4.69) is 75.8 Å². The van der Waals surface area contributed by atoms with Gasteiger partial charge in [0.2, 0.25) is 0 Å². The molecule has 3 atom stereocenters. The van der Waals surface area contributed by atoms with Crippen LogP contribution in [0.2, 0.25) is 0 Å². The number of morpholine rings is 1. The Morgan fingerprint density at radius 3 is 2.38 bits per heavy atom. The third kappa shape index (κ3) is 5.62. The molecule has 3 aromatic rings. The first-order chi connectivity index (χ1) is 19.5. The minimum Gasteiger partial charge on any atom is -0.379 e. The highest BCUT2D eigenvalue weighted by molar-refractivity contribution is 5.86. The van der Waals surface area contributed by atoms with Crippen LogP contribution in [0.4, 0.5) is 5.82 Å². The van der Waals surface area contributed by atoms with E-state index < -0.39 is 0 Å². The molecule has 0 bridgehead atoms. The fourth-order valence-corrected chi connectivity index (χ4v) is 6.32. The Morgan fingerprint density at radius 1 is 1.00 bits per heavy atom. The number of fused-ring (bicyclic) bond motifs is 1. The topological polar surface area (TPSA) is 90.5 Å². The number of piperazine rings is 1. The van der Waals surface area contributed by atoms with Gasteiger partial charge in [0.1, 0.15) is 17.3 Å². The molecule has 2 saturated heterocycles. The molecular weight excluding hydrogens is 502 g/mol. The summed E-state index contributed by atoms with van der Waals surface area (Å²) in [6.45, 7) is 12.9. The predicted octanol–water partition coefficient (Wildman–Crippen LogP) is 3.86. The van der Waals surface area contributed by atoms with Crippen LogP contribution in [0.5, 0.6) is 0 Å². The largest absolute Gasteiger partial charge is 0.379 e. The molecule has 2 aliphatic rings. The highest BCUT2D eigenvalue weighted by Crippen LogP contribution is 2.35. The molecular formula is C31H41N7O2. The molecule has 9 heteroatoms. The van der Waals surface area contributed by atoms with Gasteiger partial charge in [-0.05, 0) is 42.5 Å². The van der Waals surface area contributed by atoms with Crippen molar-refractivity contribution in [3.8, 4) is 6.07 Å². The molecule has 9 nitrogen and oxygen atoms in total. The second-order valence-corrected chi connectivity index (χ2v) is 11.0.